The lowest BCUT2D eigenvalue weighted by atomic mass is 10.0. The van der Waals surface area contributed by atoms with E-state index in [-0.39, 0.29) is 23.5 Å². The largest absolute Gasteiger partial charge is 0.350 e. The second-order valence-corrected chi connectivity index (χ2v) is 7.06. The molecule has 1 aromatic carbocycles. The van der Waals surface area contributed by atoms with Gasteiger partial charge in [-0.15, -0.1) is 0 Å². The topological polar surface area (TPSA) is 41.1 Å². The van der Waals surface area contributed by atoms with E-state index < -0.39 is 0 Å². The van der Waals surface area contributed by atoms with Gasteiger partial charge in [0, 0.05) is 16.1 Å². The fraction of sp³-hybridized carbons (Fsp3) is 0.562. The van der Waals surface area contributed by atoms with Crippen LogP contribution in [0.1, 0.15) is 52.6 Å². The minimum atomic E-state index is -0.220. The van der Waals surface area contributed by atoms with Crippen molar-refractivity contribution in [3.63, 3.8) is 0 Å². The van der Waals surface area contributed by atoms with Crippen molar-refractivity contribution in [2.75, 3.05) is 0 Å². The lowest BCUT2D eigenvalue weighted by molar-refractivity contribution is -0.124. The van der Waals surface area contributed by atoms with E-state index in [9.17, 15) is 4.79 Å². The van der Waals surface area contributed by atoms with Crippen LogP contribution in [0, 0.1) is 0 Å². The third-order valence-electron chi connectivity index (χ3n) is 3.02. The molecule has 0 fully saturated rings. The summed E-state index contributed by atoms with van der Waals surface area (Å²) in [6.07, 6.45) is 0.939. The van der Waals surface area contributed by atoms with E-state index in [0.29, 0.717) is 0 Å². The minimum Gasteiger partial charge on any atom is -0.350 e. The number of nitrogens with one attached hydrogen (secondary N) is 2. The van der Waals surface area contributed by atoms with Crippen molar-refractivity contribution < 1.29 is 4.79 Å². The van der Waals surface area contributed by atoms with Crippen molar-refractivity contribution >= 4 is 21.8 Å². The average molecular weight is 341 g/mol. The Bertz CT molecular complexity index is 437. The molecule has 0 bridgehead atoms. The van der Waals surface area contributed by atoms with E-state index >= 15 is 0 Å². The van der Waals surface area contributed by atoms with Crippen LogP contribution in [0.15, 0.2) is 28.7 Å². The first-order valence-electron chi connectivity index (χ1n) is 7.06. The van der Waals surface area contributed by atoms with Crippen LogP contribution in [0.3, 0.4) is 0 Å². The zero-order valence-electron chi connectivity index (χ0n) is 13.0. The van der Waals surface area contributed by atoms with Gasteiger partial charge >= 0.3 is 0 Å². The van der Waals surface area contributed by atoms with E-state index in [4.69, 9.17) is 0 Å². The van der Waals surface area contributed by atoms with Gasteiger partial charge in [-0.25, -0.2) is 0 Å². The fourth-order valence-corrected chi connectivity index (χ4v) is 2.26. The molecule has 1 amide bonds. The quantitative estimate of drug-likeness (QED) is 0.855. The molecule has 0 spiro atoms. The molecular formula is C16H25BrN2O. The summed E-state index contributed by atoms with van der Waals surface area (Å²) in [6, 6.07) is 8.19. The van der Waals surface area contributed by atoms with Crippen LogP contribution in [0.25, 0.3) is 0 Å². The van der Waals surface area contributed by atoms with Gasteiger partial charge in [0.25, 0.3) is 0 Å². The molecule has 3 nitrogen and oxygen atoms in total. The van der Waals surface area contributed by atoms with Crippen molar-refractivity contribution in [1.29, 1.82) is 0 Å². The SMILES string of the molecule is CCC(NC(C)C(=O)NC(C)(C)C)c1ccc(Br)cc1. The van der Waals surface area contributed by atoms with Crippen LogP contribution in [0.2, 0.25) is 0 Å². The van der Waals surface area contributed by atoms with Gasteiger partial charge in [0.2, 0.25) is 5.91 Å². The van der Waals surface area contributed by atoms with E-state index in [0.717, 1.165) is 10.9 Å². The average Bonchev–Trinajstić information content (AvgIpc) is 2.34. The van der Waals surface area contributed by atoms with Crippen molar-refractivity contribution in [2.45, 2.75) is 58.7 Å². The van der Waals surface area contributed by atoms with Crippen molar-refractivity contribution in [2.24, 2.45) is 0 Å². The number of rotatable bonds is 5. The minimum absolute atomic E-state index is 0.0352. The third kappa shape index (κ3) is 5.63. The monoisotopic (exact) mass is 340 g/mol. The van der Waals surface area contributed by atoms with E-state index in [1.165, 1.54) is 5.56 Å². The first-order valence-corrected chi connectivity index (χ1v) is 7.85. The molecule has 0 aromatic heterocycles. The maximum atomic E-state index is 12.1. The van der Waals surface area contributed by atoms with Crippen LogP contribution in [-0.2, 0) is 4.79 Å². The molecule has 1 rings (SSSR count). The highest BCUT2D eigenvalue weighted by Gasteiger charge is 2.21. The number of carbonyl (C=O) groups is 1. The summed E-state index contributed by atoms with van der Waals surface area (Å²) in [5.41, 5.74) is 0.998. The Hall–Kier alpha value is -0.870. The highest BCUT2D eigenvalue weighted by atomic mass is 79.9. The molecule has 0 aliphatic rings. The zero-order chi connectivity index (χ0) is 15.3. The second-order valence-electron chi connectivity index (χ2n) is 6.14. The van der Waals surface area contributed by atoms with Gasteiger partial charge < -0.3 is 5.32 Å². The third-order valence-corrected chi connectivity index (χ3v) is 3.55. The summed E-state index contributed by atoms with van der Waals surface area (Å²) in [7, 11) is 0. The van der Waals surface area contributed by atoms with Gasteiger partial charge in [-0.3, -0.25) is 10.1 Å². The lowest BCUT2D eigenvalue weighted by Gasteiger charge is -2.26. The molecule has 4 heteroatoms. The van der Waals surface area contributed by atoms with Gasteiger partial charge in [-0.2, -0.15) is 0 Å². The van der Waals surface area contributed by atoms with E-state index in [2.05, 4.69) is 45.6 Å². The normalized spacial score (nSPS) is 14.7. The number of amides is 1. The number of carbonyl (C=O) groups excluding carboxylic acids is 1. The van der Waals surface area contributed by atoms with Crippen molar-refractivity contribution in [3.05, 3.63) is 34.3 Å². The predicted octanol–water partition coefficient (Wildman–Crippen LogP) is 3.79. The summed E-state index contributed by atoms with van der Waals surface area (Å²) in [5.74, 6) is 0.0352. The predicted molar refractivity (Wildman–Crippen MR) is 87.7 cm³/mol. The second kappa shape index (κ2) is 7.23. The molecule has 112 valence electrons. The molecule has 0 aliphatic heterocycles. The molecule has 2 N–H and O–H groups in total. The first-order chi connectivity index (χ1) is 9.23. The summed E-state index contributed by atoms with van der Waals surface area (Å²) >= 11 is 3.44. The number of hydrogen-bond donors (Lipinski definition) is 2. The van der Waals surface area contributed by atoms with E-state index in [1.807, 2.05) is 39.8 Å². The maximum Gasteiger partial charge on any atom is 0.237 e. The number of halogens is 1. The molecule has 0 saturated heterocycles. The standard InChI is InChI=1S/C16H25BrN2O/c1-6-14(12-7-9-13(17)10-8-12)18-11(2)15(20)19-16(3,4)5/h7-11,14,18H,6H2,1-5H3,(H,19,20). The molecule has 2 atom stereocenters. The Morgan fingerprint density at radius 1 is 1.25 bits per heavy atom. The smallest absolute Gasteiger partial charge is 0.237 e. The Morgan fingerprint density at radius 2 is 1.80 bits per heavy atom. The molecule has 20 heavy (non-hydrogen) atoms. The van der Waals surface area contributed by atoms with Gasteiger partial charge in [0.15, 0.2) is 0 Å². The molecule has 0 aliphatic carbocycles. The Kier molecular flexibility index (Phi) is 6.21. The van der Waals surface area contributed by atoms with Crippen molar-refractivity contribution in [1.82, 2.24) is 10.6 Å². The molecule has 0 saturated carbocycles. The maximum absolute atomic E-state index is 12.1. The van der Waals surface area contributed by atoms with Gasteiger partial charge in [-0.05, 0) is 51.8 Å². The van der Waals surface area contributed by atoms with Gasteiger partial charge in [0.1, 0.15) is 0 Å². The summed E-state index contributed by atoms with van der Waals surface area (Å²) in [6.45, 7) is 9.99. The lowest BCUT2D eigenvalue weighted by Crippen LogP contribution is -2.50. The molecular weight excluding hydrogens is 316 g/mol. The van der Waals surface area contributed by atoms with Crippen molar-refractivity contribution in [3.8, 4) is 0 Å². The van der Waals surface area contributed by atoms with Crippen LogP contribution < -0.4 is 10.6 Å². The number of hydrogen-bond acceptors (Lipinski definition) is 2. The number of benzene rings is 1. The van der Waals surface area contributed by atoms with Crippen LogP contribution in [-0.4, -0.2) is 17.5 Å². The highest BCUT2D eigenvalue weighted by molar-refractivity contribution is 9.10. The molecule has 2 unspecified atom stereocenters. The summed E-state index contributed by atoms with van der Waals surface area (Å²) < 4.78 is 1.06. The van der Waals surface area contributed by atoms with Crippen LogP contribution in [0.5, 0.6) is 0 Å². The fourth-order valence-electron chi connectivity index (χ4n) is 2.00. The van der Waals surface area contributed by atoms with Gasteiger partial charge in [-0.1, -0.05) is 35.0 Å². The van der Waals surface area contributed by atoms with Crippen LogP contribution >= 0.6 is 15.9 Å². The summed E-state index contributed by atoms with van der Waals surface area (Å²) in [5, 5.41) is 6.40. The molecule has 0 heterocycles. The Morgan fingerprint density at radius 3 is 2.25 bits per heavy atom. The Balaban J connectivity index is 2.68. The van der Waals surface area contributed by atoms with Crippen LogP contribution in [0.4, 0.5) is 0 Å². The first kappa shape index (κ1) is 17.2. The highest BCUT2D eigenvalue weighted by Crippen LogP contribution is 2.20. The Labute approximate surface area is 130 Å². The molecule has 0 radical (unpaired) electrons. The molecule has 1 aromatic rings. The zero-order valence-corrected chi connectivity index (χ0v) is 14.5. The summed E-state index contributed by atoms with van der Waals surface area (Å²) in [4.78, 5) is 12.1. The van der Waals surface area contributed by atoms with E-state index in [1.54, 1.807) is 0 Å². The van der Waals surface area contributed by atoms with Gasteiger partial charge in [0.05, 0.1) is 6.04 Å².